The van der Waals surface area contributed by atoms with Crippen LogP contribution in [0.3, 0.4) is 0 Å². The minimum Gasteiger partial charge on any atom is -0.451 e. The highest BCUT2D eigenvalue weighted by Gasteiger charge is 2.21. The van der Waals surface area contributed by atoms with E-state index in [1.807, 2.05) is 0 Å². The second-order valence-electron chi connectivity index (χ2n) is 5.43. The summed E-state index contributed by atoms with van der Waals surface area (Å²) in [5.74, 6) is -1.37. The molecule has 25 heavy (non-hydrogen) atoms. The van der Waals surface area contributed by atoms with Crippen molar-refractivity contribution in [2.24, 2.45) is 0 Å². The van der Waals surface area contributed by atoms with Gasteiger partial charge in [-0.05, 0) is 44.5 Å². The van der Waals surface area contributed by atoms with E-state index in [0.29, 0.717) is 27.5 Å². The molecule has 2 rings (SSSR count). The maximum absolute atomic E-state index is 12.1. The van der Waals surface area contributed by atoms with Crippen molar-refractivity contribution in [3.63, 3.8) is 0 Å². The predicted molar refractivity (Wildman–Crippen MR) is 98.3 cm³/mol. The zero-order valence-electron chi connectivity index (χ0n) is 13.8. The molecule has 0 aliphatic carbocycles. The van der Waals surface area contributed by atoms with E-state index >= 15 is 0 Å². The van der Waals surface area contributed by atoms with Crippen LogP contribution in [0.4, 0.5) is 5.69 Å². The molecular formula is C17H16BrClN2O4. The predicted octanol–water partition coefficient (Wildman–Crippen LogP) is 4.05. The molecule has 6 nitrogen and oxygen atoms in total. The van der Waals surface area contributed by atoms with Gasteiger partial charge in [0.15, 0.2) is 12.4 Å². The molecule has 0 unspecified atom stereocenters. The number of Topliss-reactive ketones (excluding diaryl/α,β-unsaturated/α-hetero) is 1. The molecule has 0 bridgehead atoms. The highest BCUT2D eigenvalue weighted by Crippen LogP contribution is 2.25. The molecule has 8 heteroatoms. The molecular weight excluding hydrogens is 412 g/mol. The van der Waals surface area contributed by atoms with Crippen LogP contribution in [0.25, 0.3) is 0 Å². The van der Waals surface area contributed by atoms with E-state index in [-0.39, 0.29) is 11.5 Å². The number of hydrogen-bond acceptors (Lipinski definition) is 4. The smallest absolute Gasteiger partial charge is 0.355 e. The number of halogens is 2. The average molecular weight is 428 g/mol. The molecule has 0 atom stereocenters. The van der Waals surface area contributed by atoms with Gasteiger partial charge in [0.2, 0.25) is 0 Å². The van der Waals surface area contributed by atoms with Gasteiger partial charge in [-0.3, -0.25) is 9.59 Å². The Morgan fingerprint density at radius 1 is 1.28 bits per heavy atom. The third kappa shape index (κ3) is 4.49. The number of anilines is 1. The van der Waals surface area contributed by atoms with Crippen LogP contribution < -0.4 is 5.32 Å². The monoisotopic (exact) mass is 426 g/mol. The number of benzene rings is 1. The van der Waals surface area contributed by atoms with Gasteiger partial charge < -0.3 is 15.0 Å². The van der Waals surface area contributed by atoms with Crippen LogP contribution in [0.1, 0.15) is 39.0 Å². The minimum absolute atomic E-state index is 0.145. The largest absolute Gasteiger partial charge is 0.451 e. The number of esters is 1. The summed E-state index contributed by atoms with van der Waals surface area (Å²) in [6.07, 6.45) is 0. The fourth-order valence-electron chi connectivity index (χ4n) is 2.46. The molecule has 0 saturated carbocycles. The lowest BCUT2D eigenvalue weighted by atomic mass is 10.1. The van der Waals surface area contributed by atoms with Crippen LogP contribution in [0.2, 0.25) is 5.02 Å². The number of amides is 1. The molecule has 2 aromatic rings. The first-order chi connectivity index (χ1) is 11.7. The molecule has 0 aliphatic heterocycles. The first-order valence-electron chi connectivity index (χ1n) is 7.32. The molecule has 0 aliphatic rings. The first kappa shape index (κ1) is 19.2. The van der Waals surface area contributed by atoms with Crippen LogP contribution in [0, 0.1) is 13.8 Å². The zero-order valence-corrected chi connectivity index (χ0v) is 16.2. The Balaban J connectivity index is 2.01. The van der Waals surface area contributed by atoms with Gasteiger partial charge in [0.1, 0.15) is 5.69 Å². The lowest BCUT2D eigenvalue weighted by Crippen LogP contribution is -2.21. The van der Waals surface area contributed by atoms with Crippen LogP contribution in [-0.4, -0.2) is 29.3 Å². The molecule has 0 saturated heterocycles. The summed E-state index contributed by atoms with van der Waals surface area (Å²) < 4.78 is 5.79. The van der Waals surface area contributed by atoms with E-state index in [2.05, 4.69) is 26.2 Å². The van der Waals surface area contributed by atoms with E-state index in [4.69, 9.17) is 16.3 Å². The molecule has 1 amide bonds. The van der Waals surface area contributed by atoms with Gasteiger partial charge >= 0.3 is 5.97 Å². The van der Waals surface area contributed by atoms with Gasteiger partial charge in [-0.25, -0.2) is 4.79 Å². The summed E-state index contributed by atoms with van der Waals surface area (Å²) in [6.45, 7) is 4.30. The molecule has 2 N–H and O–H groups in total. The number of H-pyrrole nitrogens is 1. The number of hydrogen-bond donors (Lipinski definition) is 2. The number of nitrogens with one attached hydrogen (secondary N) is 2. The highest BCUT2D eigenvalue weighted by molar-refractivity contribution is 9.10. The van der Waals surface area contributed by atoms with Gasteiger partial charge in [0.05, 0.1) is 10.7 Å². The topological polar surface area (TPSA) is 88.3 Å². The summed E-state index contributed by atoms with van der Waals surface area (Å²) >= 11 is 9.28. The van der Waals surface area contributed by atoms with E-state index in [9.17, 15) is 14.4 Å². The Morgan fingerprint density at radius 2 is 1.96 bits per heavy atom. The van der Waals surface area contributed by atoms with Crippen molar-refractivity contribution in [1.82, 2.24) is 4.98 Å². The summed E-state index contributed by atoms with van der Waals surface area (Å²) in [5, 5.41) is 2.92. The number of rotatable bonds is 5. The fourth-order valence-corrected chi connectivity index (χ4v) is 3.18. The number of aromatic nitrogens is 1. The number of ether oxygens (including phenoxy) is 1. The Morgan fingerprint density at radius 3 is 2.52 bits per heavy atom. The van der Waals surface area contributed by atoms with Crippen molar-refractivity contribution in [3.05, 3.63) is 50.2 Å². The maximum atomic E-state index is 12.1. The van der Waals surface area contributed by atoms with E-state index in [1.165, 1.54) is 6.92 Å². The van der Waals surface area contributed by atoms with Gasteiger partial charge in [-0.1, -0.05) is 27.5 Å². The standard InChI is InChI=1S/C17H16BrClN2O4/c1-8-15(10(3)22)9(2)20-16(8)17(24)25-7-14(23)21-13-5-4-11(18)6-12(13)19/h4-6,20H,7H2,1-3H3,(H,21,23). The average Bonchev–Trinajstić information content (AvgIpc) is 2.82. The van der Waals surface area contributed by atoms with Crippen molar-refractivity contribution < 1.29 is 19.1 Å². The van der Waals surface area contributed by atoms with Crippen LogP contribution in [0.15, 0.2) is 22.7 Å². The van der Waals surface area contributed by atoms with Gasteiger partial charge in [-0.15, -0.1) is 0 Å². The maximum Gasteiger partial charge on any atom is 0.355 e. The fraction of sp³-hybridized carbons (Fsp3) is 0.235. The van der Waals surface area contributed by atoms with E-state index in [0.717, 1.165) is 4.47 Å². The van der Waals surface area contributed by atoms with Crippen molar-refractivity contribution in [2.45, 2.75) is 20.8 Å². The molecule has 1 aromatic heterocycles. The van der Waals surface area contributed by atoms with Crippen LogP contribution in [0.5, 0.6) is 0 Å². The summed E-state index contributed by atoms with van der Waals surface area (Å²) in [6, 6.07) is 4.99. The molecule has 132 valence electrons. The van der Waals surface area contributed by atoms with Gasteiger partial charge in [0.25, 0.3) is 5.91 Å². The van der Waals surface area contributed by atoms with Crippen molar-refractivity contribution in [2.75, 3.05) is 11.9 Å². The number of aromatic amines is 1. The first-order valence-corrected chi connectivity index (χ1v) is 8.50. The molecule has 0 radical (unpaired) electrons. The van der Waals surface area contributed by atoms with Gasteiger partial charge in [-0.2, -0.15) is 0 Å². The number of carbonyl (C=O) groups is 3. The Hall–Kier alpha value is -2.12. The third-order valence-electron chi connectivity index (χ3n) is 3.53. The lowest BCUT2D eigenvalue weighted by molar-refractivity contribution is -0.119. The second kappa shape index (κ2) is 7.84. The number of aryl methyl sites for hydroxylation is 1. The molecule has 0 fully saturated rings. The van der Waals surface area contributed by atoms with Crippen molar-refractivity contribution >= 4 is 50.9 Å². The van der Waals surface area contributed by atoms with Gasteiger partial charge in [0, 0.05) is 15.7 Å². The van der Waals surface area contributed by atoms with E-state index in [1.54, 1.807) is 32.0 Å². The number of ketones is 1. The van der Waals surface area contributed by atoms with Crippen LogP contribution in [-0.2, 0) is 9.53 Å². The SMILES string of the molecule is CC(=O)c1c(C)[nH]c(C(=O)OCC(=O)Nc2ccc(Br)cc2Cl)c1C. The summed E-state index contributed by atoms with van der Waals surface area (Å²) in [5.41, 5.74) is 2.13. The number of carbonyl (C=O) groups excluding carboxylic acids is 3. The molecule has 1 heterocycles. The van der Waals surface area contributed by atoms with Crippen molar-refractivity contribution in [3.8, 4) is 0 Å². The molecule has 1 aromatic carbocycles. The highest BCUT2D eigenvalue weighted by atomic mass is 79.9. The third-order valence-corrected chi connectivity index (χ3v) is 4.34. The lowest BCUT2D eigenvalue weighted by Gasteiger charge is -2.08. The molecule has 0 spiro atoms. The Labute approximate surface area is 158 Å². The Kier molecular flexibility index (Phi) is 6.02. The summed E-state index contributed by atoms with van der Waals surface area (Å²) in [7, 11) is 0. The Bertz CT molecular complexity index is 861. The second-order valence-corrected chi connectivity index (χ2v) is 6.75. The van der Waals surface area contributed by atoms with Crippen molar-refractivity contribution in [1.29, 1.82) is 0 Å². The van der Waals surface area contributed by atoms with E-state index < -0.39 is 18.5 Å². The summed E-state index contributed by atoms with van der Waals surface area (Å²) in [4.78, 5) is 38.5. The van der Waals surface area contributed by atoms with Crippen LogP contribution >= 0.6 is 27.5 Å². The quantitative estimate of drug-likeness (QED) is 0.557. The minimum atomic E-state index is -0.704. The normalized spacial score (nSPS) is 10.4. The zero-order chi connectivity index (χ0) is 18.7.